The minimum absolute atomic E-state index is 0.00444. The molecule has 0 radical (unpaired) electrons. The Hall–Kier alpha value is -2.04. The fraction of sp³-hybridized carbons (Fsp3) is 0.600. The summed E-state index contributed by atoms with van der Waals surface area (Å²) in [6.45, 7) is 8.74. The molecule has 2 amide bonds. The summed E-state index contributed by atoms with van der Waals surface area (Å²) in [5.74, 6) is 0.208. The average molecular weight is 346 g/mol. The first-order chi connectivity index (χ1) is 11.8. The average Bonchev–Trinajstić information content (AvgIpc) is 2.84. The molecule has 1 fully saturated rings. The first kappa shape index (κ1) is 19.3. The van der Waals surface area contributed by atoms with Crippen molar-refractivity contribution in [2.75, 3.05) is 18.4 Å². The van der Waals surface area contributed by atoms with Gasteiger partial charge in [0.2, 0.25) is 11.8 Å². The largest absolute Gasteiger partial charge is 0.489 e. The standard InChI is InChI=1S/C20H30N2O3/c1-15(2)25-17-12-8-7-11-16(17)21-18(23)20(3,4)19(24)22-13-9-5-6-10-14-22/h7-8,11-12,15H,5-6,9-10,13-14H2,1-4H3,(H,21,23). The third kappa shape index (κ3) is 4.97. The second-order valence-corrected chi connectivity index (χ2v) is 7.45. The molecule has 0 spiro atoms. The SMILES string of the molecule is CC(C)Oc1ccccc1NC(=O)C(C)(C)C(=O)N1CCCCCC1. The number of rotatable bonds is 5. The van der Waals surface area contributed by atoms with E-state index >= 15 is 0 Å². The molecule has 1 N–H and O–H groups in total. The molecular formula is C20H30N2O3. The molecule has 0 unspecified atom stereocenters. The van der Waals surface area contributed by atoms with Crippen LogP contribution in [0.2, 0.25) is 0 Å². The number of benzene rings is 1. The minimum atomic E-state index is -1.12. The van der Waals surface area contributed by atoms with Crippen molar-refractivity contribution in [3.63, 3.8) is 0 Å². The summed E-state index contributed by atoms with van der Waals surface area (Å²) in [5.41, 5.74) is -0.520. The third-order valence-corrected chi connectivity index (χ3v) is 4.49. The van der Waals surface area contributed by atoms with Crippen molar-refractivity contribution in [2.45, 2.75) is 59.5 Å². The summed E-state index contributed by atoms with van der Waals surface area (Å²) in [4.78, 5) is 27.6. The number of hydrogen-bond donors (Lipinski definition) is 1. The highest BCUT2D eigenvalue weighted by Crippen LogP contribution is 2.29. The molecular weight excluding hydrogens is 316 g/mol. The number of likely N-dealkylation sites (tertiary alicyclic amines) is 1. The maximum absolute atomic E-state index is 12.9. The van der Waals surface area contributed by atoms with Gasteiger partial charge < -0.3 is 15.0 Å². The Morgan fingerprint density at radius 3 is 2.28 bits per heavy atom. The number of hydrogen-bond acceptors (Lipinski definition) is 3. The van der Waals surface area contributed by atoms with E-state index in [0.717, 1.165) is 38.8 Å². The zero-order valence-electron chi connectivity index (χ0n) is 15.8. The molecule has 1 heterocycles. The smallest absolute Gasteiger partial charge is 0.239 e. The van der Waals surface area contributed by atoms with Crippen LogP contribution in [0.3, 0.4) is 0 Å². The van der Waals surface area contributed by atoms with Crippen LogP contribution >= 0.6 is 0 Å². The van der Waals surface area contributed by atoms with Gasteiger partial charge >= 0.3 is 0 Å². The van der Waals surface area contributed by atoms with Crippen LogP contribution in [0.4, 0.5) is 5.69 Å². The van der Waals surface area contributed by atoms with Gasteiger partial charge in [-0.05, 0) is 52.7 Å². The molecule has 1 aromatic carbocycles. The molecule has 25 heavy (non-hydrogen) atoms. The number of anilines is 1. The zero-order chi connectivity index (χ0) is 18.4. The number of nitrogens with zero attached hydrogens (tertiary/aromatic N) is 1. The second kappa shape index (κ2) is 8.37. The van der Waals surface area contributed by atoms with E-state index in [-0.39, 0.29) is 17.9 Å². The Balaban J connectivity index is 2.12. The summed E-state index contributed by atoms with van der Waals surface area (Å²) in [7, 11) is 0. The highest BCUT2D eigenvalue weighted by Gasteiger charge is 2.39. The van der Waals surface area contributed by atoms with Crippen molar-refractivity contribution >= 4 is 17.5 Å². The molecule has 138 valence electrons. The first-order valence-corrected chi connectivity index (χ1v) is 9.19. The number of amides is 2. The van der Waals surface area contributed by atoms with Gasteiger partial charge in [0.1, 0.15) is 11.2 Å². The van der Waals surface area contributed by atoms with Gasteiger partial charge in [-0.25, -0.2) is 0 Å². The highest BCUT2D eigenvalue weighted by atomic mass is 16.5. The van der Waals surface area contributed by atoms with Gasteiger partial charge in [0.05, 0.1) is 11.8 Å². The van der Waals surface area contributed by atoms with Crippen LogP contribution in [-0.4, -0.2) is 35.9 Å². The lowest BCUT2D eigenvalue weighted by Crippen LogP contribution is -2.47. The molecule has 1 aliphatic heterocycles. The van der Waals surface area contributed by atoms with Gasteiger partial charge in [0.15, 0.2) is 0 Å². The van der Waals surface area contributed by atoms with Crippen molar-refractivity contribution in [3.8, 4) is 5.75 Å². The number of nitrogens with one attached hydrogen (secondary N) is 1. The van der Waals surface area contributed by atoms with Crippen molar-refractivity contribution in [1.29, 1.82) is 0 Å². The maximum Gasteiger partial charge on any atom is 0.239 e. The van der Waals surface area contributed by atoms with Crippen molar-refractivity contribution in [1.82, 2.24) is 4.90 Å². The molecule has 0 aliphatic carbocycles. The molecule has 2 rings (SSSR count). The quantitative estimate of drug-likeness (QED) is 0.824. The molecule has 1 aliphatic rings. The van der Waals surface area contributed by atoms with Crippen LogP contribution in [0.15, 0.2) is 24.3 Å². The molecule has 0 atom stereocenters. The van der Waals surface area contributed by atoms with Crippen molar-refractivity contribution in [2.24, 2.45) is 5.41 Å². The fourth-order valence-electron chi connectivity index (χ4n) is 2.97. The monoisotopic (exact) mass is 346 g/mol. The number of ether oxygens (including phenoxy) is 1. The molecule has 1 saturated heterocycles. The van der Waals surface area contributed by atoms with Gasteiger partial charge in [-0.3, -0.25) is 9.59 Å². The van der Waals surface area contributed by atoms with E-state index in [4.69, 9.17) is 4.74 Å². The van der Waals surface area contributed by atoms with Gasteiger partial charge in [-0.1, -0.05) is 25.0 Å². The highest BCUT2D eigenvalue weighted by molar-refractivity contribution is 6.10. The topological polar surface area (TPSA) is 58.6 Å². The van der Waals surface area contributed by atoms with Crippen molar-refractivity contribution < 1.29 is 14.3 Å². The molecule has 5 nitrogen and oxygen atoms in total. The van der Waals surface area contributed by atoms with E-state index in [1.165, 1.54) is 0 Å². The summed E-state index contributed by atoms with van der Waals surface area (Å²) in [6, 6.07) is 7.31. The number of carbonyl (C=O) groups is 2. The van der Waals surface area contributed by atoms with E-state index in [0.29, 0.717) is 11.4 Å². The summed E-state index contributed by atoms with van der Waals surface area (Å²) < 4.78 is 5.74. The molecule has 0 bridgehead atoms. The number of para-hydroxylation sites is 2. The Morgan fingerprint density at radius 1 is 1.08 bits per heavy atom. The van der Waals surface area contributed by atoms with Crippen LogP contribution in [-0.2, 0) is 9.59 Å². The Labute approximate surface area is 150 Å². The van der Waals surface area contributed by atoms with Gasteiger partial charge in [0.25, 0.3) is 0 Å². The Bertz CT molecular complexity index is 603. The first-order valence-electron chi connectivity index (χ1n) is 9.19. The minimum Gasteiger partial charge on any atom is -0.489 e. The van der Waals surface area contributed by atoms with E-state index in [9.17, 15) is 9.59 Å². The van der Waals surface area contributed by atoms with Crippen LogP contribution in [0.1, 0.15) is 53.4 Å². The van der Waals surface area contributed by atoms with Crippen molar-refractivity contribution in [3.05, 3.63) is 24.3 Å². The molecule has 1 aromatic rings. The molecule has 5 heteroatoms. The normalized spacial score (nSPS) is 15.6. The van der Waals surface area contributed by atoms with Crippen LogP contribution in [0, 0.1) is 5.41 Å². The molecule has 0 saturated carbocycles. The van der Waals surface area contributed by atoms with E-state index in [1.807, 2.05) is 36.9 Å². The number of carbonyl (C=O) groups excluding carboxylic acids is 2. The second-order valence-electron chi connectivity index (χ2n) is 7.45. The summed E-state index contributed by atoms with van der Waals surface area (Å²) >= 11 is 0. The van der Waals surface area contributed by atoms with E-state index in [1.54, 1.807) is 19.9 Å². The maximum atomic E-state index is 12.9. The lowest BCUT2D eigenvalue weighted by atomic mass is 9.90. The van der Waals surface area contributed by atoms with Crippen LogP contribution in [0.5, 0.6) is 5.75 Å². The van der Waals surface area contributed by atoms with Gasteiger partial charge in [0, 0.05) is 13.1 Å². The lowest BCUT2D eigenvalue weighted by molar-refractivity contribution is -0.146. The Kier molecular flexibility index (Phi) is 6.45. The predicted octanol–water partition coefficient (Wildman–Crippen LogP) is 3.84. The Morgan fingerprint density at radius 2 is 1.68 bits per heavy atom. The zero-order valence-corrected chi connectivity index (χ0v) is 15.8. The lowest BCUT2D eigenvalue weighted by Gasteiger charge is -2.30. The van der Waals surface area contributed by atoms with Crippen LogP contribution < -0.4 is 10.1 Å². The van der Waals surface area contributed by atoms with E-state index in [2.05, 4.69) is 5.32 Å². The summed E-state index contributed by atoms with van der Waals surface area (Å²) in [6.07, 6.45) is 4.32. The van der Waals surface area contributed by atoms with E-state index < -0.39 is 5.41 Å². The third-order valence-electron chi connectivity index (χ3n) is 4.49. The molecule has 0 aromatic heterocycles. The summed E-state index contributed by atoms with van der Waals surface area (Å²) in [5, 5.41) is 2.88. The van der Waals surface area contributed by atoms with Gasteiger partial charge in [-0.2, -0.15) is 0 Å². The predicted molar refractivity (Wildman–Crippen MR) is 99.7 cm³/mol. The fourth-order valence-corrected chi connectivity index (χ4v) is 2.97. The van der Waals surface area contributed by atoms with Gasteiger partial charge in [-0.15, -0.1) is 0 Å². The van der Waals surface area contributed by atoms with Crippen LogP contribution in [0.25, 0.3) is 0 Å².